The van der Waals surface area contributed by atoms with Gasteiger partial charge in [-0.1, -0.05) is 76.8 Å². The van der Waals surface area contributed by atoms with Gasteiger partial charge in [-0.2, -0.15) is 0 Å². The number of carbonyl (C=O) groups is 1. The number of rotatable bonds is 12. The fraction of sp³-hybridized carbons (Fsp3) is 0.387. The van der Waals surface area contributed by atoms with Crippen molar-refractivity contribution in [2.45, 2.75) is 77.6 Å². The Bertz CT molecular complexity index is 1420. The monoisotopic (exact) mass is 486 g/mol. The van der Waals surface area contributed by atoms with Gasteiger partial charge in [0.1, 0.15) is 0 Å². The number of carbonyl (C=O) groups excluding carboxylic acids is 1. The van der Waals surface area contributed by atoms with Crippen molar-refractivity contribution in [3.8, 4) is 0 Å². The third-order valence-corrected chi connectivity index (χ3v) is 9.10. The molecule has 5 aromatic rings. The van der Waals surface area contributed by atoms with Crippen molar-refractivity contribution in [3.05, 3.63) is 58.8 Å². The first-order valence-electron chi connectivity index (χ1n) is 13.0. The highest BCUT2D eigenvalue weighted by Gasteiger charge is 2.12. The standard InChI is InChI=1S/C31H34OS2/c1-2-3-4-5-6-7-8-9-10-11-12-28(32)31-19-25-18-23-14-13-22-17-24-15-16-33-29(24)20-26(22)27(23)21-30(25)34-31/h13-21H,2-12H2,1H3. The summed E-state index contributed by atoms with van der Waals surface area (Å²) in [6, 6.07) is 17.9. The maximum absolute atomic E-state index is 12.9. The molecule has 0 aliphatic rings. The number of hydrogen-bond donors (Lipinski definition) is 0. The predicted molar refractivity (Wildman–Crippen MR) is 153 cm³/mol. The van der Waals surface area contributed by atoms with Crippen molar-refractivity contribution in [2.75, 3.05) is 0 Å². The number of ketones is 1. The fourth-order valence-electron chi connectivity index (χ4n) is 5.09. The minimum Gasteiger partial charge on any atom is -0.293 e. The van der Waals surface area contributed by atoms with Crippen LogP contribution in [0.1, 0.15) is 87.2 Å². The Labute approximate surface area is 210 Å². The van der Waals surface area contributed by atoms with Gasteiger partial charge in [0.2, 0.25) is 0 Å². The Kier molecular flexibility index (Phi) is 7.61. The summed E-state index contributed by atoms with van der Waals surface area (Å²) in [5.74, 6) is 0.315. The van der Waals surface area contributed by atoms with Gasteiger partial charge in [0.05, 0.1) is 4.88 Å². The minimum atomic E-state index is 0.315. The zero-order valence-corrected chi connectivity index (χ0v) is 21.8. The van der Waals surface area contributed by atoms with Crippen molar-refractivity contribution in [2.24, 2.45) is 0 Å². The molecular formula is C31H34OS2. The summed E-state index contributed by atoms with van der Waals surface area (Å²) in [7, 11) is 0. The molecule has 0 unspecified atom stereocenters. The molecule has 3 heteroatoms. The van der Waals surface area contributed by atoms with Crippen LogP contribution in [0.15, 0.2) is 53.9 Å². The number of hydrogen-bond acceptors (Lipinski definition) is 3. The molecule has 0 saturated carbocycles. The van der Waals surface area contributed by atoms with Crippen LogP contribution in [0, 0.1) is 0 Å². The second-order valence-corrected chi connectivity index (χ2v) is 11.7. The summed E-state index contributed by atoms with van der Waals surface area (Å²) in [5.41, 5.74) is 0. The lowest BCUT2D eigenvalue weighted by Crippen LogP contribution is -1.95. The quantitative estimate of drug-likeness (QED) is 0.0973. The summed E-state index contributed by atoms with van der Waals surface area (Å²) in [5, 5.41) is 9.80. The largest absolute Gasteiger partial charge is 0.293 e. The van der Waals surface area contributed by atoms with Crippen LogP contribution in [-0.2, 0) is 0 Å². The van der Waals surface area contributed by atoms with Gasteiger partial charge >= 0.3 is 0 Å². The summed E-state index contributed by atoms with van der Waals surface area (Å²) in [6.07, 6.45) is 13.7. The molecule has 0 bridgehead atoms. The van der Waals surface area contributed by atoms with E-state index in [4.69, 9.17) is 0 Å². The maximum atomic E-state index is 12.9. The number of benzene rings is 3. The zero-order valence-electron chi connectivity index (χ0n) is 20.2. The second-order valence-electron chi connectivity index (χ2n) is 9.67. The van der Waals surface area contributed by atoms with Gasteiger partial charge in [-0.15, -0.1) is 22.7 Å². The molecule has 1 nitrogen and oxygen atoms in total. The number of thiophene rings is 2. The van der Waals surface area contributed by atoms with Crippen molar-refractivity contribution in [1.82, 2.24) is 0 Å². The third-order valence-electron chi connectivity index (χ3n) is 7.08. The average Bonchev–Trinajstić information content (AvgIpc) is 3.48. The van der Waals surface area contributed by atoms with Gasteiger partial charge in [0.25, 0.3) is 0 Å². The number of unbranched alkanes of at least 4 members (excludes halogenated alkanes) is 9. The maximum Gasteiger partial charge on any atom is 0.172 e. The van der Waals surface area contributed by atoms with Gasteiger partial charge in [-0.05, 0) is 80.5 Å². The second kappa shape index (κ2) is 11.0. The molecule has 0 amide bonds. The van der Waals surface area contributed by atoms with E-state index >= 15 is 0 Å². The van der Waals surface area contributed by atoms with Crippen LogP contribution in [0.3, 0.4) is 0 Å². The molecule has 3 aromatic carbocycles. The molecule has 34 heavy (non-hydrogen) atoms. The van der Waals surface area contributed by atoms with Gasteiger partial charge in [0.15, 0.2) is 5.78 Å². The highest BCUT2D eigenvalue weighted by Crippen LogP contribution is 2.36. The molecule has 0 spiro atoms. The van der Waals surface area contributed by atoms with Gasteiger partial charge in [-0.3, -0.25) is 4.79 Å². The van der Waals surface area contributed by atoms with Crippen LogP contribution in [-0.4, -0.2) is 5.78 Å². The summed E-state index contributed by atoms with van der Waals surface area (Å²) in [6.45, 7) is 2.27. The Morgan fingerprint density at radius 2 is 1.26 bits per heavy atom. The Morgan fingerprint density at radius 3 is 1.97 bits per heavy atom. The van der Waals surface area contributed by atoms with Crippen molar-refractivity contribution < 1.29 is 4.79 Å². The molecule has 176 valence electrons. The average molecular weight is 487 g/mol. The predicted octanol–water partition coefficient (Wildman–Crippen LogP) is 10.9. The minimum absolute atomic E-state index is 0.315. The Hall–Kier alpha value is -2.23. The van der Waals surface area contributed by atoms with Crippen molar-refractivity contribution in [1.29, 1.82) is 0 Å². The zero-order chi connectivity index (χ0) is 23.3. The van der Waals surface area contributed by atoms with Crippen LogP contribution in [0.5, 0.6) is 0 Å². The van der Waals surface area contributed by atoms with E-state index in [0.29, 0.717) is 12.2 Å². The van der Waals surface area contributed by atoms with E-state index in [-0.39, 0.29) is 0 Å². The molecular weight excluding hydrogens is 452 g/mol. The van der Waals surface area contributed by atoms with E-state index < -0.39 is 0 Å². The normalized spacial score (nSPS) is 11.9. The Morgan fingerprint density at radius 1 is 0.647 bits per heavy atom. The summed E-state index contributed by atoms with van der Waals surface area (Å²) in [4.78, 5) is 13.8. The molecule has 2 aromatic heterocycles. The summed E-state index contributed by atoms with van der Waals surface area (Å²) >= 11 is 3.47. The first-order chi connectivity index (χ1) is 16.7. The van der Waals surface area contributed by atoms with Crippen molar-refractivity contribution in [3.63, 3.8) is 0 Å². The lowest BCUT2D eigenvalue weighted by atomic mass is 10.00. The van der Waals surface area contributed by atoms with E-state index in [1.807, 2.05) is 0 Å². The van der Waals surface area contributed by atoms with Gasteiger partial charge in [0, 0.05) is 15.8 Å². The number of Topliss-reactive ketones (excluding diaryl/α,β-unsaturated/α-hetero) is 1. The van der Waals surface area contributed by atoms with Crippen LogP contribution >= 0.6 is 22.7 Å². The highest BCUT2D eigenvalue weighted by molar-refractivity contribution is 7.21. The van der Waals surface area contributed by atoms with E-state index in [9.17, 15) is 4.79 Å². The van der Waals surface area contributed by atoms with E-state index in [2.05, 4.69) is 60.8 Å². The summed E-state index contributed by atoms with van der Waals surface area (Å²) < 4.78 is 2.55. The van der Waals surface area contributed by atoms with Crippen LogP contribution < -0.4 is 0 Å². The molecule has 0 atom stereocenters. The van der Waals surface area contributed by atoms with E-state index in [0.717, 1.165) is 11.3 Å². The molecule has 0 radical (unpaired) electrons. The molecule has 0 saturated heterocycles. The molecule has 0 aliphatic heterocycles. The van der Waals surface area contributed by atoms with Gasteiger partial charge in [-0.25, -0.2) is 0 Å². The molecule has 0 fully saturated rings. The highest BCUT2D eigenvalue weighted by atomic mass is 32.1. The van der Waals surface area contributed by atoms with Crippen LogP contribution in [0.4, 0.5) is 0 Å². The lowest BCUT2D eigenvalue weighted by Gasteiger charge is -2.05. The smallest absolute Gasteiger partial charge is 0.172 e. The van der Waals surface area contributed by atoms with E-state index in [1.165, 1.54) is 99.5 Å². The number of fused-ring (bicyclic) bond motifs is 5. The van der Waals surface area contributed by atoms with Crippen molar-refractivity contribution >= 4 is 70.2 Å². The lowest BCUT2D eigenvalue weighted by molar-refractivity contribution is 0.0983. The van der Waals surface area contributed by atoms with E-state index in [1.54, 1.807) is 22.7 Å². The molecule has 0 aliphatic carbocycles. The molecule has 5 rings (SSSR count). The SMILES string of the molecule is CCCCCCCCCCCCC(=O)c1cc2cc3ccc4cc5ccsc5cc4c3cc2s1. The third kappa shape index (κ3) is 5.21. The molecule has 0 N–H and O–H groups in total. The fourth-order valence-corrected chi connectivity index (χ4v) is 6.95. The molecule has 2 heterocycles. The first kappa shape index (κ1) is 23.5. The topological polar surface area (TPSA) is 17.1 Å². The Balaban J connectivity index is 1.22. The van der Waals surface area contributed by atoms with Crippen LogP contribution in [0.25, 0.3) is 41.7 Å². The van der Waals surface area contributed by atoms with Crippen LogP contribution in [0.2, 0.25) is 0 Å². The first-order valence-corrected chi connectivity index (χ1v) is 14.7. The van der Waals surface area contributed by atoms with Gasteiger partial charge < -0.3 is 0 Å².